The van der Waals surface area contributed by atoms with Gasteiger partial charge in [-0.3, -0.25) is 4.72 Å². The van der Waals surface area contributed by atoms with Gasteiger partial charge in [-0.2, -0.15) is 0 Å². The molecule has 5 nitrogen and oxygen atoms in total. The number of nitrogens with one attached hydrogen (secondary N) is 1. The molecule has 0 fully saturated rings. The van der Waals surface area contributed by atoms with Gasteiger partial charge in [0.2, 0.25) is 6.79 Å². The first-order valence-electron chi connectivity index (χ1n) is 5.83. The standard InChI is InChI=1S/C13H9Cl2NO4S/c14-8-1-3-9(4-2-8)21(17,18)16-11-6-13-12(5-10(11)15)19-7-20-13/h1-6,16H,7H2. The molecular weight excluding hydrogens is 337 g/mol. The van der Waals surface area contributed by atoms with Gasteiger partial charge in [0, 0.05) is 17.2 Å². The number of benzene rings is 2. The summed E-state index contributed by atoms with van der Waals surface area (Å²) >= 11 is 11.8. The second-order valence-electron chi connectivity index (χ2n) is 4.24. The van der Waals surface area contributed by atoms with Gasteiger partial charge in [-0.1, -0.05) is 23.2 Å². The fraction of sp³-hybridized carbons (Fsp3) is 0.0769. The van der Waals surface area contributed by atoms with Crippen LogP contribution >= 0.6 is 23.2 Å². The summed E-state index contributed by atoms with van der Waals surface area (Å²) in [6, 6.07) is 8.80. The van der Waals surface area contributed by atoms with E-state index in [0.717, 1.165) is 0 Å². The second kappa shape index (κ2) is 5.29. The van der Waals surface area contributed by atoms with Gasteiger partial charge in [-0.05, 0) is 24.3 Å². The van der Waals surface area contributed by atoms with E-state index in [4.69, 9.17) is 32.7 Å². The predicted molar refractivity (Wildman–Crippen MR) is 79.8 cm³/mol. The molecule has 8 heteroatoms. The summed E-state index contributed by atoms with van der Waals surface area (Å²) in [4.78, 5) is 0.0839. The highest BCUT2D eigenvalue weighted by atomic mass is 35.5. The molecule has 110 valence electrons. The van der Waals surface area contributed by atoms with Gasteiger partial charge in [0.15, 0.2) is 11.5 Å². The van der Waals surface area contributed by atoms with Crippen molar-refractivity contribution in [1.82, 2.24) is 0 Å². The second-order valence-corrected chi connectivity index (χ2v) is 6.77. The van der Waals surface area contributed by atoms with E-state index in [-0.39, 0.29) is 22.4 Å². The number of anilines is 1. The van der Waals surface area contributed by atoms with Crippen molar-refractivity contribution in [3.05, 3.63) is 46.4 Å². The first-order chi connectivity index (χ1) is 9.95. The zero-order valence-electron chi connectivity index (χ0n) is 10.5. The Balaban J connectivity index is 1.94. The molecule has 0 radical (unpaired) electrons. The topological polar surface area (TPSA) is 64.6 Å². The maximum Gasteiger partial charge on any atom is 0.261 e. The van der Waals surface area contributed by atoms with Gasteiger partial charge >= 0.3 is 0 Å². The van der Waals surface area contributed by atoms with Crippen molar-refractivity contribution in [2.75, 3.05) is 11.5 Å². The molecule has 1 N–H and O–H groups in total. The Morgan fingerprint density at radius 3 is 2.29 bits per heavy atom. The van der Waals surface area contributed by atoms with Gasteiger partial charge in [0.1, 0.15) is 0 Å². The van der Waals surface area contributed by atoms with Crippen LogP contribution in [0.25, 0.3) is 0 Å². The minimum atomic E-state index is -3.76. The van der Waals surface area contributed by atoms with Gasteiger partial charge in [0.05, 0.1) is 15.6 Å². The molecule has 0 amide bonds. The van der Waals surface area contributed by atoms with Crippen LogP contribution in [0.1, 0.15) is 0 Å². The highest BCUT2D eigenvalue weighted by Gasteiger charge is 2.20. The lowest BCUT2D eigenvalue weighted by atomic mass is 10.3. The van der Waals surface area contributed by atoms with Crippen molar-refractivity contribution in [3.8, 4) is 11.5 Å². The third kappa shape index (κ3) is 2.88. The minimum Gasteiger partial charge on any atom is -0.454 e. The number of ether oxygens (including phenoxy) is 2. The van der Waals surface area contributed by atoms with Crippen LogP contribution in [0.3, 0.4) is 0 Å². The summed E-state index contributed by atoms with van der Waals surface area (Å²) < 4.78 is 37.3. The summed E-state index contributed by atoms with van der Waals surface area (Å²) in [6.07, 6.45) is 0. The lowest BCUT2D eigenvalue weighted by Crippen LogP contribution is -2.13. The largest absolute Gasteiger partial charge is 0.454 e. The van der Waals surface area contributed by atoms with Crippen LogP contribution in [0.4, 0.5) is 5.69 Å². The number of hydrogen-bond donors (Lipinski definition) is 1. The van der Waals surface area contributed by atoms with Crippen LogP contribution in [0.2, 0.25) is 10.0 Å². The third-order valence-corrected chi connectivity index (χ3v) is 4.78. The van der Waals surface area contributed by atoms with E-state index in [1.54, 1.807) is 0 Å². The Hall–Kier alpha value is -1.63. The first-order valence-corrected chi connectivity index (χ1v) is 8.07. The highest BCUT2D eigenvalue weighted by Crippen LogP contribution is 2.39. The molecular formula is C13H9Cl2NO4S. The monoisotopic (exact) mass is 345 g/mol. The molecule has 0 saturated heterocycles. The summed E-state index contributed by atoms with van der Waals surface area (Å²) in [5.41, 5.74) is 0.218. The average molecular weight is 346 g/mol. The molecule has 0 bridgehead atoms. The molecule has 2 aromatic rings. The zero-order chi connectivity index (χ0) is 15.0. The van der Waals surface area contributed by atoms with E-state index in [1.165, 1.54) is 36.4 Å². The van der Waals surface area contributed by atoms with Crippen molar-refractivity contribution in [1.29, 1.82) is 0 Å². The molecule has 0 spiro atoms. The number of hydrogen-bond acceptors (Lipinski definition) is 4. The van der Waals surface area contributed by atoms with Crippen molar-refractivity contribution < 1.29 is 17.9 Å². The Morgan fingerprint density at radius 2 is 1.62 bits per heavy atom. The first kappa shape index (κ1) is 14.3. The smallest absolute Gasteiger partial charge is 0.261 e. The molecule has 21 heavy (non-hydrogen) atoms. The molecule has 1 aliphatic heterocycles. The quantitative estimate of drug-likeness (QED) is 0.924. The molecule has 3 rings (SSSR count). The van der Waals surface area contributed by atoms with E-state index in [9.17, 15) is 8.42 Å². The Labute approximate surface area is 131 Å². The van der Waals surface area contributed by atoms with Crippen LogP contribution < -0.4 is 14.2 Å². The summed E-state index contributed by atoms with van der Waals surface area (Å²) in [6.45, 7) is 0.0824. The van der Waals surface area contributed by atoms with Crippen LogP contribution in [-0.2, 0) is 10.0 Å². The van der Waals surface area contributed by atoms with E-state index >= 15 is 0 Å². The van der Waals surface area contributed by atoms with Crippen molar-refractivity contribution >= 4 is 38.9 Å². The fourth-order valence-electron chi connectivity index (χ4n) is 1.81. The van der Waals surface area contributed by atoms with Gasteiger partial charge in [-0.25, -0.2) is 8.42 Å². The molecule has 0 saturated carbocycles. The molecule has 0 atom stereocenters. The van der Waals surface area contributed by atoms with E-state index in [2.05, 4.69) is 4.72 Å². The van der Waals surface area contributed by atoms with Crippen LogP contribution in [0.15, 0.2) is 41.3 Å². The fourth-order valence-corrected chi connectivity index (χ4v) is 3.27. The van der Waals surface area contributed by atoms with E-state index in [1.807, 2.05) is 0 Å². The number of fused-ring (bicyclic) bond motifs is 1. The summed E-state index contributed by atoms with van der Waals surface area (Å²) in [5.74, 6) is 0.919. The molecule has 1 heterocycles. The van der Waals surface area contributed by atoms with Gasteiger partial charge in [-0.15, -0.1) is 0 Å². The van der Waals surface area contributed by atoms with Crippen molar-refractivity contribution in [2.24, 2.45) is 0 Å². The Morgan fingerprint density at radius 1 is 1.00 bits per heavy atom. The van der Waals surface area contributed by atoms with Gasteiger partial charge < -0.3 is 9.47 Å². The molecule has 0 unspecified atom stereocenters. The Bertz CT molecular complexity index is 791. The normalized spacial score (nSPS) is 13.2. The summed E-state index contributed by atoms with van der Waals surface area (Å²) in [5, 5.41) is 0.673. The van der Waals surface area contributed by atoms with E-state index in [0.29, 0.717) is 16.5 Å². The summed E-state index contributed by atoms with van der Waals surface area (Å²) in [7, 11) is -3.76. The third-order valence-electron chi connectivity index (χ3n) is 2.83. The van der Waals surface area contributed by atoms with Gasteiger partial charge in [0.25, 0.3) is 10.0 Å². The average Bonchev–Trinajstić information content (AvgIpc) is 2.86. The highest BCUT2D eigenvalue weighted by molar-refractivity contribution is 7.92. The zero-order valence-corrected chi connectivity index (χ0v) is 12.8. The number of halogens is 2. The molecule has 0 aromatic heterocycles. The molecule has 0 aliphatic carbocycles. The van der Waals surface area contributed by atoms with E-state index < -0.39 is 10.0 Å². The lowest BCUT2D eigenvalue weighted by Gasteiger charge is -2.10. The Kier molecular flexibility index (Phi) is 3.61. The molecule has 1 aliphatic rings. The molecule has 2 aromatic carbocycles. The maximum absolute atomic E-state index is 12.3. The van der Waals surface area contributed by atoms with Crippen LogP contribution in [0.5, 0.6) is 11.5 Å². The predicted octanol–water partition coefficient (Wildman–Crippen LogP) is 3.52. The van der Waals surface area contributed by atoms with Crippen molar-refractivity contribution in [3.63, 3.8) is 0 Å². The SMILES string of the molecule is O=S(=O)(Nc1cc2c(cc1Cl)OCO2)c1ccc(Cl)cc1. The lowest BCUT2D eigenvalue weighted by molar-refractivity contribution is 0.174. The number of sulfonamides is 1. The number of rotatable bonds is 3. The van der Waals surface area contributed by atoms with Crippen LogP contribution in [0, 0.1) is 0 Å². The minimum absolute atomic E-state index is 0.0824. The van der Waals surface area contributed by atoms with Crippen LogP contribution in [-0.4, -0.2) is 15.2 Å². The van der Waals surface area contributed by atoms with Crippen molar-refractivity contribution in [2.45, 2.75) is 4.90 Å². The maximum atomic E-state index is 12.3.